The van der Waals surface area contributed by atoms with E-state index in [-0.39, 0.29) is 18.0 Å². The molecule has 0 aromatic carbocycles. The van der Waals surface area contributed by atoms with E-state index in [1.807, 2.05) is 38.1 Å². The van der Waals surface area contributed by atoms with E-state index in [4.69, 9.17) is 11.6 Å². The Bertz CT molecular complexity index is 394. The highest BCUT2D eigenvalue weighted by Gasteiger charge is 2.18. The van der Waals surface area contributed by atoms with Crippen LogP contribution in [0.25, 0.3) is 0 Å². The fourth-order valence-corrected chi connectivity index (χ4v) is 2.66. The first-order valence-corrected chi connectivity index (χ1v) is 7.35. The number of nitrogens with one attached hydrogen (secondary N) is 1. The van der Waals surface area contributed by atoms with Crippen molar-refractivity contribution in [2.75, 3.05) is 13.6 Å². The van der Waals surface area contributed by atoms with Gasteiger partial charge in [-0.15, -0.1) is 22.9 Å². The van der Waals surface area contributed by atoms with Gasteiger partial charge in [0.2, 0.25) is 5.91 Å². The quantitative estimate of drug-likeness (QED) is 0.818. The molecule has 18 heavy (non-hydrogen) atoms. The lowest BCUT2D eigenvalue weighted by atomic mass is 10.3. The molecule has 102 valence electrons. The molecule has 1 rings (SSSR count). The molecule has 1 amide bonds. The van der Waals surface area contributed by atoms with E-state index < -0.39 is 0 Å². The fraction of sp³-hybridized carbons (Fsp3) is 0.667. The number of thiazole rings is 1. The number of hydrogen-bond donors (Lipinski definition) is 1. The summed E-state index contributed by atoms with van der Waals surface area (Å²) < 4.78 is 0. The van der Waals surface area contributed by atoms with E-state index in [0.29, 0.717) is 12.4 Å². The molecule has 0 saturated carbocycles. The highest BCUT2D eigenvalue weighted by atomic mass is 35.5. The summed E-state index contributed by atoms with van der Waals surface area (Å²) in [6.07, 6.45) is 0. The van der Waals surface area contributed by atoms with Crippen molar-refractivity contribution in [2.24, 2.45) is 0 Å². The van der Waals surface area contributed by atoms with Gasteiger partial charge in [0.1, 0.15) is 5.01 Å². The highest BCUT2D eigenvalue weighted by molar-refractivity contribution is 7.09. The number of hydrogen-bond acceptors (Lipinski definition) is 4. The number of alkyl halides is 1. The van der Waals surface area contributed by atoms with Crippen molar-refractivity contribution in [2.45, 2.75) is 38.7 Å². The third kappa shape index (κ3) is 4.55. The van der Waals surface area contributed by atoms with E-state index in [1.54, 1.807) is 11.3 Å². The van der Waals surface area contributed by atoms with Crippen LogP contribution in [-0.4, -0.2) is 35.4 Å². The van der Waals surface area contributed by atoms with Crippen molar-refractivity contribution in [3.05, 3.63) is 16.1 Å². The summed E-state index contributed by atoms with van der Waals surface area (Å²) >= 11 is 7.32. The first-order valence-electron chi connectivity index (χ1n) is 5.94. The normalized spacial score (nSPS) is 13.1. The Morgan fingerprint density at radius 1 is 1.56 bits per heavy atom. The molecule has 1 N–H and O–H groups in total. The van der Waals surface area contributed by atoms with Crippen molar-refractivity contribution >= 4 is 28.8 Å². The van der Waals surface area contributed by atoms with E-state index in [1.165, 1.54) is 0 Å². The Morgan fingerprint density at radius 3 is 2.72 bits per heavy atom. The third-order valence-electron chi connectivity index (χ3n) is 2.57. The molecule has 0 spiro atoms. The molecular weight excluding hydrogens is 270 g/mol. The second kappa shape index (κ2) is 7.07. The van der Waals surface area contributed by atoms with E-state index >= 15 is 0 Å². The molecular formula is C12H20ClN3OS. The Morgan fingerprint density at radius 2 is 2.22 bits per heavy atom. The minimum absolute atomic E-state index is 0.0356. The summed E-state index contributed by atoms with van der Waals surface area (Å²) in [6, 6.07) is 0.286. The van der Waals surface area contributed by atoms with Gasteiger partial charge in [-0.2, -0.15) is 0 Å². The Balaban J connectivity index is 2.55. The Labute approximate surface area is 117 Å². The summed E-state index contributed by atoms with van der Waals surface area (Å²) in [5.41, 5.74) is 0.892. The Hall–Kier alpha value is -0.650. The predicted octanol–water partition coefficient (Wildman–Crippen LogP) is 2.40. The van der Waals surface area contributed by atoms with Gasteiger partial charge in [0.25, 0.3) is 0 Å². The van der Waals surface area contributed by atoms with Crippen LogP contribution in [0.1, 0.15) is 37.5 Å². The van der Waals surface area contributed by atoms with Gasteiger partial charge in [-0.05, 0) is 27.8 Å². The lowest BCUT2D eigenvalue weighted by molar-refractivity contribution is -0.122. The monoisotopic (exact) mass is 289 g/mol. The number of halogens is 1. The number of likely N-dealkylation sites (N-methyl/N-ethyl adjacent to an activating group) is 1. The minimum atomic E-state index is 0.0356. The van der Waals surface area contributed by atoms with Crippen molar-refractivity contribution in [1.29, 1.82) is 0 Å². The van der Waals surface area contributed by atoms with Crippen LogP contribution in [0.3, 0.4) is 0 Å². The number of rotatable bonds is 6. The predicted molar refractivity (Wildman–Crippen MR) is 76.0 cm³/mol. The van der Waals surface area contributed by atoms with Crippen LogP contribution in [0.5, 0.6) is 0 Å². The first-order chi connectivity index (χ1) is 8.43. The van der Waals surface area contributed by atoms with Crippen LogP contribution in [0.15, 0.2) is 5.38 Å². The topological polar surface area (TPSA) is 45.2 Å². The molecule has 0 aliphatic heterocycles. The highest BCUT2D eigenvalue weighted by Crippen LogP contribution is 2.23. The van der Waals surface area contributed by atoms with Crippen molar-refractivity contribution in [3.8, 4) is 0 Å². The largest absolute Gasteiger partial charge is 0.353 e. The summed E-state index contributed by atoms with van der Waals surface area (Å²) in [6.45, 7) is 6.32. The molecule has 0 radical (unpaired) electrons. The molecule has 0 saturated heterocycles. The smallest absolute Gasteiger partial charge is 0.234 e. The van der Waals surface area contributed by atoms with Crippen LogP contribution in [0.2, 0.25) is 0 Å². The molecule has 6 heteroatoms. The van der Waals surface area contributed by atoms with Crippen LogP contribution >= 0.6 is 22.9 Å². The van der Waals surface area contributed by atoms with Crippen molar-refractivity contribution in [3.63, 3.8) is 0 Å². The fourth-order valence-electron chi connectivity index (χ4n) is 1.50. The van der Waals surface area contributed by atoms with Crippen molar-refractivity contribution < 1.29 is 4.79 Å². The molecule has 1 unspecified atom stereocenters. The van der Waals surface area contributed by atoms with Gasteiger partial charge in [0, 0.05) is 11.4 Å². The number of carbonyl (C=O) groups is 1. The summed E-state index contributed by atoms with van der Waals surface area (Å²) in [5.74, 6) is 0.467. The zero-order valence-corrected chi connectivity index (χ0v) is 12.8. The zero-order chi connectivity index (χ0) is 13.7. The number of nitrogens with zero attached hydrogens (tertiary/aromatic N) is 2. The first kappa shape index (κ1) is 15.4. The SMILES string of the molecule is CC(C)NC(=O)CN(C)C(C)c1nc(CCl)cs1. The number of carbonyl (C=O) groups excluding carboxylic acids is 1. The molecule has 0 bridgehead atoms. The molecule has 1 aromatic heterocycles. The van der Waals surface area contributed by atoms with Gasteiger partial charge < -0.3 is 5.32 Å². The van der Waals surface area contributed by atoms with E-state index in [0.717, 1.165) is 10.7 Å². The van der Waals surface area contributed by atoms with Gasteiger partial charge in [0.15, 0.2) is 0 Å². The average Bonchev–Trinajstić information content (AvgIpc) is 2.75. The lowest BCUT2D eigenvalue weighted by Crippen LogP contribution is -2.39. The molecule has 4 nitrogen and oxygen atoms in total. The van der Waals surface area contributed by atoms with Crippen LogP contribution < -0.4 is 5.32 Å². The second-order valence-corrected chi connectivity index (χ2v) is 5.78. The zero-order valence-electron chi connectivity index (χ0n) is 11.2. The molecule has 0 aliphatic rings. The third-order valence-corrected chi connectivity index (χ3v) is 3.91. The summed E-state index contributed by atoms with van der Waals surface area (Å²) in [7, 11) is 1.92. The van der Waals surface area contributed by atoms with Crippen molar-refractivity contribution in [1.82, 2.24) is 15.2 Å². The van der Waals surface area contributed by atoms with E-state index in [9.17, 15) is 4.79 Å². The van der Waals surface area contributed by atoms with Crippen LogP contribution in [0.4, 0.5) is 0 Å². The molecule has 1 atom stereocenters. The van der Waals surface area contributed by atoms with Gasteiger partial charge in [-0.1, -0.05) is 0 Å². The second-order valence-electron chi connectivity index (χ2n) is 4.62. The molecule has 1 aromatic rings. The maximum absolute atomic E-state index is 11.7. The van der Waals surface area contributed by atoms with Crippen LogP contribution in [0, 0.1) is 0 Å². The van der Waals surface area contributed by atoms with E-state index in [2.05, 4.69) is 10.3 Å². The number of amides is 1. The van der Waals surface area contributed by atoms with Gasteiger partial charge in [0.05, 0.1) is 24.2 Å². The maximum atomic E-state index is 11.7. The summed E-state index contributed by atoms with van der Waals surface area (Å²) in [4.78, 5) is 18.1. The standard InChI is InChI=1S/C12H20ClN3OS/c1-8(2)14-11(17)6-16(4)9(3)12-15-10(5-13)7-18-12/h7-9H,5-6H2,1-4H3,(H,14,17). The van der Waals surface area contributed by atoms with Gasteiger partial charge in [-0.3, -0.25) is 9.69 Å². The lowest BCUT2D eigenvalue weighted by Gasteiger charge is -2.22. The average molecular weight is 290 g/mol. The summed E-state index contributed by atoms with van der Waals surface area (Å²) in [5, 5.41) is 5.83. The van der Waals surface area contributed by atoms with Crippen LogP contribution in [-0.2, 0) is 10.7 Å². The molecule has 1 heterocycles. The minimum Gasteiger partial charge on any atom is -0.353 e. The number of aromatic nitrogens is 1. The van der Waals surface area contributed by atoms with Gasteiger partial charge in [-0.25, -0.2) is 4.98 Å². The molecule has 0 aliphatic carbocycles. The Kier molecular flexibility index (Phi) is 6.05. The molecule has 0 fully saturated rings. The van der Waals surface area contributed by atoms with Gasteiger partial charge >= 0.3 is 0 Å². The maximum Gasteiger partial charge on any atom is 0.234 e.